The Hall–Kier alpha value is -2.22. The Bertz CT molecular complexity index is 614. The number of hydrogen-bond acceptors (Lipinski definition) is 7. The number of methoxy groups -OCH3 is 1. The van der Waals surface area contributed by atoms with Gasteiger partial charge in [0.25, 0.3) is 5.22 Å². The Morgan fingerprint density at radius 3 is 2.95 bits per heavy atom. The van der Waals surface area contributed by atoms with Crippen LogP contribution in [0.2, 0.25) is 0 Å². The first kappa shape index (κ1) is 14.2. The van der Waals surface area contributed by atoms with Crippen LogP contribution >= 0.6 is 11.8 Å². The van der Waals surface area contributed by atoms with Crippen LogP contribution in [0.3, 0.4) is 0 Å². The number of nitrogen functional groups attached to an aromatic ring is 1. The Kier molecular flexibility index (Phi) is 4.46. The summed E-state index contributed by atoms with van der Waals surface area (Å²) in [7, 11) is 1.51. The van der Waals surface area contributed by atoms with Crippen molar-refractivity contribution in [2.24, 2.45) is 0 Å². The van der Waals surface area contributed by atoms with Gasteiger partial charge in [-0.2, -0.15) is 0 Å². The maximum Gasteiger partial charge on any atom is 0.277 e. The average molecular weight is 294 g/mol. The zero-order valence-corrected chi connectivity index (χ0v) is 11.9. The van der Waals surface area contributed by atoms with Crippen LogP contribution in [0.1, 0.15) is 5.89 Å². The number of aromatic nitrogens is 2. The quantitative estimate of drug-likeness (QED) is 0.639. The molecule has 0 fully saturated rings. The van der Waals surface area contributed by atoms with E-state index in [1.165, 1.54) is 18.9 Å². The van der Waals surface area contributed by atoms with Gasteiger partial charge in [0, 0.05) is 18.7 Å². The van der Waals surface area contributed by atoms with E-state index >= 15 is 0 Å². The number of nitrogens with one attached hydrogen (secondary N) is 1. The predicted molar refractivity (Wildman–Crippen MR) is 75.8 cm³/mol. The van der Waals surface area contributed by atoms with Crippen molar-refractivity contribution in [2.75, 3.05) is 23.9 Å². The molecule has 0 radical (unpaired) electrons. The summed E-state index contributed by atoms with van der Waals surface area (Å²) >= 11 is 1.17. The fourth-order valence-corrected chi connectivity index (χ4v) is 2.07. The van der Waals surface area contributed by atoms with Crippen molar-refractivity contribution in [3.63, 3.8) is 0 Å². The number of amides is 1. The molecule has 20 heavy (non-hydrogen) atoms. The molecule has 0 bridgehead atoms. The summed E-state index contributed by atoms with van der Waals surface area (Å²) in [5, 5.41) is 10.6. The Balaban J connectivity index is 1.94. The minimum Gasteiger partial charge on any atom is -0.494 e. The van der Waals surface area contributed by atoms with E-state index in [-0.39, 0.29) is 11.7 Å². The third-order valence-corrected chi connectivity index (χ3v) is 3.15. The lowest BCUT2D eigenvalue weighted by molar-refractivity contribution is -0.113. The van der Waals surface area contributed by atoms with Gasteiger partial charge in [0.15, 0.2) is 0 Å². The summed E-state index contributed by atoms with van der Waals surface area (Å²) in [5.74, 6) is 0.939. The van der Waals surface area contributed by atoms with Crippen LogP contribution in [0.4, 0.5) is 11.4 Å². The SMILES string of the molecule is COc1cc(N)ccc1NC(=O)CSc1nnc(C)o1. The standard InChI is InChI=1S/C12H14N4O3S/c1-7-15-16-12(19-7)20-6-11(17)14-9-4-3-8(13)5-10(9)18-2/h3-5H,6,13H2,1-2H3,(H,14,17). The van der Waals surface area contributed by atoms with Crippen molar-refractivity contribution in [2.45, 2.75) is 12.1 Å². The number of carbonyl (C=O) groups is 1. The van der Waals surface area contributed by atoms with E-state index < -0.39 is 0 Å². The lowest BCUT2D eigenvalue weighted by Crippen LogP contribution is -2.14. The predicted octanol–water partition coefficient (Wildman–Crippen LogP) is 1.70. The smallest absolute Gasteiger partial charge is 0.277 e. The van der Waals surface area contributed by atoms with Crippen LogP contribution < -0.4 is 15.8 Å². The molecule has 0 saturated carbocycles. The number of anilines is 2. The molecule has 1 amide bonds. The molecule has 1 heterocycles. The van der Waals surface area contributed by atoms with E-state index in [0.717, 1.165) is 0 Å². The lowest BCUT2D eigenvalue weighted by atomic mass is 10.2. The molecule has 3 N–H and O–H groups in total. The molecule has 0 saturated heterocycles. The Morgan fingerprint density at radius 1 is 1.50 bits per heavy atom. The monoisotopic (exact) mass is 294 g/mol. The molecule has 106 valence electrons. The molecule has 2 rings (SSSR count). The molecular formula is C12H14N4O3S. The molecule has 0 aliphatic carbocycles. The van der Waals surface area contributed by atoms with Gasteiger partial charge in [-0.3, -0.25) is 4.79 Å². The van der Waals surface area contributed by atoms with E-state index in [4.69, 9.17) is 14.9 Å². The third kappa shape index (κ3) is 3.64. The summed E-state index contributed by atoms with van der Waals surface area (Å²) in [6, 6.07) is 5.02. The second kappa shape index (κ2) is 6.29. The maximum atomic E-state index is 11.8. The van der Waals surface area contributed by atoms with Crippen molar-refractivity contribution in [3.05, 3.63) is 24.1 Å². The lowest BCUT2D eigenvalue weighted by Gasteiger charge is -2.10. The van der Waals surface area contributed by atoms with Gasteiger partial charge < -0.3 is 20.2 Å². The molecule has 0 atom stereocenters. The first-order valence-electron chi connectivity index (χ1n) is 5.75. The maximum absolute atomic E-state index is 11.8. The van der Waals surface area contributed by atoms with Crippen LogP contribution in [0.15, 0.2) is 27.8 Å². The topological polar surface area (TPSA) is 103 Å². The summed E-state index contributed by atoms with van der Waals surface area (Å²) in [6.07, 6.45) is 0. The van der Waals surface area contributed by atoms with Gasteiger partial charge in [-0.15, -0.1) is 10.2 Å². The van der Waals surface area contributed by atoms with Crippen LogP contribution in [0, 0.1) is 6.92 Å². The molecule has 0 unspecified atom stereocenters. The number of nitrogens with zero attached hydrogens (tertiary/aromatic N) is 2. The number of benzene rings is 1. The van der Waals surface area contributed by atoms with E-state index in [1.54, 1.807) is 25.1 Å². The average Bonchev–Trinajstić information content (AvgIpc) is 2.84. The highest BCUT2D eigenvalue weighted by atomic mass is 32.2. The second-order valence-corrected chi connectivity index (χ2v) is 4.81. The number of ether oxygens (including phenoxy) is 1. The fourth-order valence-electron chi connectivity index (χ4n) is 1.46. The highest BCUT2D eigenvalue weighted by Gasteiger charge is 2.10. The number of carbonyl (C=O) groups excluding carboxylic acids is 1. The van der Waals surface area contributed by atoms with Crippen LogP contribution in [-0.4, -0.2) is 29.0 Å². The highest BCUT2D eigenvalue weighted by Crippen LogP contribution is 2.27. The van der Waals surface area contributed by atoms with Gasteiger partial charge in [-0.05, 0) is 12.1 Å². The van der Waals surface area contributed by atoms with E-state index in [1.807, 2.05) is 0 Å². The van der Waals surface area contributed by atoms with Crippen molar-refractivity contribution < 1.29 is 13.9 Å². The number of hydrogen-bond donors (Lipinski definition) is 2. The number of rotatable bonds is 5. The summed E-state index contributed by atoms with van der Waals surface area (Å²) in [4.78, 5) is 11.8. The molecular weight excluding hydrogens is 280 g/mol. The number of nitrogens with two attached hydrogens (primary N) is 1. The van der Waals surface area contributed by atoms with Gasteiger partial charge in [0.05, 0.1) is 18.6 Å². The van der Waals surface area contributed by atoms with Crippen molar-refractivity contribution in [3.8, 4) is 5.75 Å². The normalized spacial score (nSPS) is 10.3. The largest absolute Gasteiger partial charge is 0.494 e. The Labute approximate surface area is 119 Å². The highest BCUT2D eigenvalue weighted by molar-refractivity contribution is 7.99. The summed E-state index contributed by atoms with van der Waals surface area (Å²) < 4.78 is 10.3. The van der Waals surface area contributed by atoms with Crippen molar-refractivity contribution in [1.82, 2.24) is 10.2 Å². The molecule has 2 aromatic rings. The molecule has 0 aliphatic rings. The van der Waals surface area contributed by atoms with Gasteiger partial charge in [-0.1, -0.05) is 11.8 Å². The zero-order chi connectivity index (χ0) is 14.5. The van der Waals surface area contributed by atoms with Gasteiger partial charge >= 0.3 is 0 Å². The van der Waals surface area contributed by atoms with E-state index in [9.17, 15) is 4.79 Å². The van der Waals surface area contributed by atoms with Crippen LogP contribution in [0.25, 0.3) is 0 Å². The van der Waals surface area contributed by atoms with Crippen LogP contribution in [-0.2, 0) is 4.79 Å². The first-order chi connectivity index (χ1) is 9.58. The minimum atomic E-state index is -0.200. The Morgan fingerprint density at radius 2 is 2.30 bits per heavy atom. The minimum absolute atomic E-state index is 0.162. The molecule has 8 heteroatoms. The molecule has 7 nitrogen and oxygen atoms in total. The summed E-state index contributed by atoms with van der Waals surface area (Å²) in [6.45, 7) is 1.69. The van der Waals surface area contributed by atoms with Gasteiger partial charge in [-0.25, -0.2) is 0 Å². The molecule has 1 aromatic carbocycles. The number of aryl methyl sites for hydroxylation is 1. The van der Waals surface area contributed by atoms with Crippen molar-refractivity contribution >= 4 is 29.0 Å². The number of thioether (sulfide) groups is 1. The van der Waals surface area contributed by atoms with E-state index in [0.29, 0.717) is 28.2 Å². The molecule has 0 spiro atoms. The molecule has 1 aromatic heterocycles. The van der Waals surface area contributed by atoms with Crippen LogP contribution in [0.5, 0.6) is 5.75 Å². The third-order valence-electron chi connectivity index (χ3n) is 2.33. The van der Waals surface area contributed by atoms with Crippen molar-refractivity contribution in [1.29, 1.82) is 0 Å². The van der Waals surface area contributed by atoms with E-state index in [2.05, 4.69) is 15.5 Å². The van der Waals surface area contributed by atoms with Gasteiger partial charge in [0.1, 0.15) is 5.75 Å². The summed E-state index contributed by atoms with van der Waals surface area (Å²) in [5.41, 5.74) is 6.78. The molecule has 0 aliphatic heterocycles. The second-order valence-electron chi connectivity index (χ2n) is 3.88. The fraction of sp³-hybridized carbons (Fsp3) is 0.250. The van der Waals surface area contributed by atoms with Gasteiger partial charge in [0.2, 0.25) is 11.8 Å². The first-order valence-corrected chi connectivity index (χ1v) is 6.73. The zero-order valence-electron chi connectivity index (χ0n) is 11.0.